The molecule has 0 radical (unpaired) electrons. The summed E-state index contributed by atoms with van der Waals surface area (Å²) in [5, 5.41) is 30.8. The standard InChI is InChI=1S/C41H39ClN10O2S/c1-24-26(3)55-41-37(24)38(46-25(2)39-50-45-23-52(39)41)29-5-8-30(44-22-29)7-4-27-16-18-51(19-17-27)36-15-14-35(48-49-36)40(53)47-31-9-12-32(13-10-31)54-33-11-6-28(21-43)34(42)20-33/h5-6,8,11,14-15,20,22-23,25,27,31-32H,9-10,12-13,16-19H2,1-3H3,(H,47,53)/t25-,31?,32?/m0/s1. The molecule has 1 amide bonds. The zero-order valence-electron chi connectivity index (χ0n) is 30.8. The normalized spacial score (nSPS) is 19.5. The third kappa shape index (κ3) is 7.68. The molecule has 0 unspecified atom stereocenters. The van der Waals surface area contributed by atoms with Gasteiger partial charge in [-0.1, -0.05) is 17.5 Å². The van der Waals surface area contributed by atoms with Gasteiger partial charge in [-0.25, -0.2) is 4.98 Å². The topological polar surface area (TPSA) is 147 Å². The van der Waals surface area contributed by atoms with Crippen molar-refractivity contribution in [1.82, 2.24) is 35.3 Å². The number of piperidine rings is 1. The van der Waals surface area contributed by atoms with Crippen molar-refractivity contribution in [2.75, 3.05) is 18.0 Å². The summed E-state index contributed by atoms with van der Waals surface area (Å²) in [5.74, 6) is 9.02. The molecular weight excluding hydrogens is 732 g/mol. The second-order valence-electron chi connectivity index (χ2n) is 14.2. The average molecular weight is 771 g/mol. The highest BCUT2D eigenvalue weighted by Crippen LogP contribution is 2.37. The molecule has 1 N–H and O–H groups in total. The number of aliphatic imine (C=N–C) groups is 1. The van der Waals surface area contributed by atoms with E-state index in [9.17, 15) is 4.79 Å². The maximum absolute atomic E-state index is 13.0. The minimum Gasteiger partial charge on any atom is -0.490 e. The van der Waals surface area contributed by atoms with Crippen LogP contribution in [0.1, 0.15) is 101 Å². The number of pyridine rings is 1. The number of fused-ring (bicyclic) bond motifs is 3. The van der Waals surface area contributed by atoms with Crippen molar-refractivity contribution in [1.29, 1.82) is 5.26 Å². The van der Waals surface area contributed by atoms with Crippen LogP contribution in [0.15, 0.2) is 60.0 Å². The molecular formula is C41H39ClN10O2S. The van der Waals surface area contributed by atoms with Gasteiger partial charge in [0.2, 0.25) is 0 Å². The molecule has 2 fully saturated rings. The Morgan fingerprint density at radius 3 is 2.55 bits per heavy atom. The lowest BCUT2D eigenvalue weighted by molar-refractivity contribution is 0.0888. The number of thiophene rings is 1. The number of halogens is 1. The van der Waals surface area contributed by atoms with Gasteiger partial charge >= 0.3 is 0 Å². The number of nitrogens with one attached hydrogen (secondary N) is 1. The smallest absolute Gasteiger partial charge is 0.272 e. The highest BCUT2D eigenvalue weighted by Gasteiger charge is 2.29. The summed E-state index contributed by atoms with van der Waals surface area (Å²) in [6.07, 6.45) is 8.67. The van der Waals surface area contributed by atoms with Gasteiger partial charge in [0, 0.05) is 53.3 Å². The Morgan fingerprint density at radius 1 is 1.02 bits per heavy atom. The van der Waals surface area contributed by atoms with E-state index in [1.165, 1.54) is 10.4 Å². The summed E-state index contributed by atoms with van der Waals surface area (Å²) >= 11 is 7.88. The first-order valence-corrected chi connectivity index (χ1v) is 19.8. The van der Waals surface area contributed by atoms with Crippen LogP contribution in [-0.4, -0.2) is 66.8 Å². The summed E-state index contributed by atoms with van der Waals surface area (Å²) < 4.78 is 8.14. The third-order valence-corrected chi connectivity index (χ3v) is 12.1. The van der Waals surface area contributed by atoms with Crippen LogP contribution in [0.4, 0.5) is 5.82 Å². The van der Waals surface area contributed by atoms with E-state index >= 15 is 0 Å². The molecule has 14 heteroatoms. The number of benzene rings is 1. The van der Waals surface area contributed by atoms with E-state index < -0.39 is 0 Å². The maximum Gasteiger partial charge on any atom is 0.272 e. The van der Waals surface area contributed by atoms with E-state index in [4.69, 9.17) is 31.6 Å². The number of aryl methyl sites for hydroxylation is 1. The summed E-state index contributed by atoms with van der Waals surface area (Å²) in [7, 11) is 0. The number of rotatable bonds is 6. The van der Waals surface area contributed by atoms with E-state index in [-0.39, 0.29) is 30.0 Å². The summed E-state index contributed by atoms with van der Waals surface area (Å²) in [6.45, 7) is 7.93. The Morgan fingerprint density at radius 2 is 1.84 bits per heavy atom. The minimum atomic E-state index is -0.221. The number of hydrogen-bond donors (Lipinski definition) is 1. The SMILES string of the molecule is Cc1sc2c(c1C)C(c1ccc(C#CC3CCN(c4ccc(C(=O)NC5CCC(Oc6ccc(C#N)c(Cl)c6)CC5)nn4)CC3)nc1)=N[C@@H](C)c1nncn1-2. The Balaban J connectivity index is 0.818. The van der Waals surface area contributed by atoms with Gasteiger partial charge in [-0.3, -0.25) is 14.4 Å². The molecule has 2 aliphatic heterocycles. The van der Waals surface area contributed by atoms with Gasteiger partial charge in [-0.05, 0) is 107 Å². The van der Waals surface area contributed by atoms with E-state index in [2.05, 4.69) is 73.0 Å². The summed E-state index contributed by atoms with van der Waals surface area (Å²) in [6, 6.07) is 14.7. The molecule has 4 aromatic heterocycles. The Labute approximate surface area is 328 Å². The van der Waals surface area contributed by atoms with Crippen molar-refractivity contribution >= 4 is 40.4 Å². The first-order chi connectivity index (χ1) is 26.7. The van der Waals surface area contributed by atoms with Crippen molar-refractivity contribution in [2.45, 2.75) is 77.5 Å². The van der Waals surface area contributed by atoms with Crippen molar-refractivity contribution in [2.24, 2.45) is 10.9 Å². The van der Waals surface area contributed by atoms with Gasteiger partial charge < -0.3 is 15.0 Å². The Hall–Kier alpha value is -5.63. The lowest BCUT2D eigenvalue weighted by Gasteiger charge is -2.30. The Kier molecular flexibility index (Phi) is 10.3. The van der Waals surface area contributed by atoms with Gasteiger partial charge in [0.25, 0.3) is 5.91 Å². The van der Waals surface area contributed by atoms with Crippen LogP contribution >= 0.6 is 22.9 Å². The molecule has 5 aromatic rings. The Bertz CT molecular complexity index is 2350. The predicted octanol–water partition coefficient (Wildman–Crippen LogP) is 6.96. The lowest BCUT2D eigenvalue weighted by Crippen LogP contribution is -2.40. The highest BCUT2D eigenvalue weighted by molar-refractivity contribution is 7.15. The maximum atomic E-state index is 13.0. The fraction of sp³-hybridized carbons (Fsp3) is 0.366. The number of nitrogens with zero attached hydrogens (tertiary/aromatic N) is 9. The summed E-state index contributed by atoms with van der Waals surface area (Å²) in [5.41, 5.74) is 5.66. The largest absolute Gasteiger partial charge is 0.490 e. The molecule has 0 bridgehead atoms. The zero-order valence-corrected chi connectivity index (χ0v) is 32.4. The van der Waals surface area contributed by atoms with Gasteiger partial charge in [-0.2, -0.15) is 5.26 Å². The lowest BCUT2D eigenvalue weighted by atomic mass is 9.93. The van der Waals surface area contributed by atoms with E-state index in [1.807, 2.05) is 25.3 Å². The van der Waals surface area contributed by atoms with E-state index in [1.54, 1.807) is 41.9 Å². The van der Waals surface area contributed by atoms with Gasteiger partial charge in [0.1, 0.15) is 34.9 Å². The van der Waals surface area contributed by atoms with Crippen LogP contribution in [0.3, 0.4) is 0 Å². The second-order valence-corrected chi connectivity index (χ2v) is 15.8. The molecule has 278 valence electrons. The van der Waals surface area contributed by atoms with E-state index in [0.29, 0.717) is 22.0 Å². The molecule has 1 aromatic carbocycles. The summed E-state index contributed by atoms with van der Waals surface area (Å²) in [4.78, 5) is 26.2. The molecule has 55 heavy (non-hydrogen) atoms. The highest BCUT2D eigenvalue weighted by atomic mass is 35.5. The molecule has 0 spiro atoms. The molecule has 1 atom stereocenters. The molecule has 1 aliphatic carbocycles. The zero-order chi connectivity index (χ0) is 38.1. The first-order valence-electron chi connectivity index (χ1n) is 18.6. The van der Waals surface area contributed by atoms with Gasteiger partial charge in [0.05, 0.1) is 22.4 Å². The van der Waals surface area contributed by atoms with Crippen LogP contribution in [-0.2, 0) is 0 Å². The van der Waals surface area contributed by atoms with Crippen LogP contribution in [0.25, 0.3) is 5.00 Å². The number of nitriles is 1. The van der Waals surface area contributed by atoms with Crippen molar-refractivity contribution < 1.29 is 9.53 Å². The molecule has 12 nitrogen and oxygen atoms in total. The van der Waals surface area contributed by atoms with Gasteiger partial charge in [0.15, 0.2) is 17.3 Å². The van der Waals surface area contributed by atoms with Crippen molar-refractivity contribution in [3.63, 3.8) is 0 Å². The number of ether oxygens (including phenoxy) is 1. The number of carbonyl (C=O) groups is 1. The molecule has 8 rings (SSSR count). The monoisotopic (exact) mass is 770 g/mol. The average Bonchev–Trinajstić information content (AvgIpc) is 3.79. The van der Waals surface area contributed by atoms with E-state index in [0.717, 1.165) is 90.8 Å². The minimum absolute atomic E-state index is 0.0295. The van der Waals surface area contributed by atoms with Crippen molar-refractivity contribution in [3.05, 3.63) is 104 Å². The number of anilines is 1. The number of carbonyl (C=O) groups excluding carboxylic acids is 1. The first kappa shape index (κ1) is 36.4. The fourth-order valence-corrected chi connectivity index (χ4v) is 8.71. The quantitative estimate of drug-likeness (QED) is 0.181. The number of hydrogen-bond acceptors (Lipinski definition) is 11. The van der Waals surface area contributed by atoms with Crippen LogP contribution in [0.5, 0.6) is 5.75 Å². The molecule has 3 aliphatic rings. The number of amides is 1. The molecule has 1 saturated carbocycles. The molecule has 6 heterocycles. The van der Waals surface area contributed by atoms with Crippen LogP contribution < -0.4 is 15.0 Å². The number of aromatic nitrogens is 6. The van der Waals surface area contributed by atoms with Crippen molar-refractivity contribution in [3.8, 4) is 28.7 Å². The second kappa shape index (κ2) is 15.6. The van der Waals surface area contributed by atoms with Crippen LogP contribution in [0, 0.1) is 42.9 Å². The predicted molar refractivity (Wildman–Crippen MR) is 211 cm³/mol. The van der Waals surface area contributed by atoms with Gasteiger partial charge in [-0.15, -0.1) is 31.7 Å². The molecule has 1 saturated heterocycles. The van der Waals surface area contributed by atoms with Crippen LogP contribution in [0.2, 0.25) is 5.02 Å². The third-order valence-electron chi connectivity index (χ3n) is 10.6. The fourth-order valence-electron chi connectivity index (χ4n) is 7.37.